The summed E-state index contributed by atoms with van der Waals surface area (Å²) in [5.41, 5.74) is 0.803. The van der Waals surface area contributed by atoms with Crippen LogP contribution in [-0.2, 0) is 7.05 Å². The second-order valence-electron chi connectivity index (χ2n) is 6.46. The van der Waals surface area contributed by atoms with Gasteiger partial charge in [0.25, 0.3) is 5.91 Å². The molecule has 1 aromatic carbocycles. The summed E-state index contributed by atoms with van der Waals surface area (Å²) in [7, 11) is 5.08. The number of methoxy groups -OCH3 is 2. The highest BCUT2D eigenvalue weighted by atomic mass is 32.1. The van der Waals surface area contributed by atoms with E-state index in [2.05, 4.69) is 15.3 Å². The number of thiophene rings is 1. The molecule has 3 heterocycles. The van der Waals surface area contributed by atoms with E-state index in [1.165, 1.54) is 11.3 Å². The predicted octanol–water partition coefficient (Wildman–Crippen LogP) is 4.14. The average Bonchev–Trinajstić information content (AvgIpc) is 3.52. The minimum atomic E-state index is -0.492. The Kier molecular flexibility index (Phi) is 5.82. The van der Waals surface area contributed by atoms with Crippen molar-refractivity contribution >= 4 is 28.6 Å². The molecule has 0 radical (unpaired) electrons. The maximum absolute atomic E-state index is 13.1. The van der Waals surface area contributed by atoms with Crippen molar-refractivity contribution in [3.63, 3.8) is 0 Å². The minimum Gasteiger partial charge on any atom is -0.497 e. The summed E-state index contributed by atoms with van der Waals surface area (Å²) in [6.45, 7) is 0. The highest BCUT2D eigenvalue weighted by Crippen LogP contribution is 2.31. The lowest BCUT2D eigenvalue weighted by atomic mass is 10.0. The number of carbonyl (C=O) groups excluding carboxylic acids is 1. The molecule has 0 saturated heterocycles. The second-order valence-corrected chi connectivity index (χ2v) is 8.43. The molecule has 30 heavy (non-hydrogen) atoms. The normalized spacial score (nSPS) is 11.8. The molecule has 9 heteroatoms. The van der Waals surface area contributed by atoms with E-state index in [0.717, 1.165) is 15.4 Å². The minimum absolute atomic E-state index is 0.218. The van der Waals surface area contributed by atoms with Crippen LogP contribution in [0.5, 0.6) is 11.5 Å². The lowest BCUT2D eigenvalue weighted by molar-refractivity contribution is 0.0945. The van der Waals surface area contributed by atoms with E-state index < -0.39 is 6.04 Å². The molecule has 4 rings (SSSR count). The van der Waals surface area contributed by atoms with Crippen LogP contribution >= 0.6 is 22.7 Å². The van der Waals surface area contributed by atoms with E-state index >= 15 is 0 Å². The molecule has 0 aliphatic rings. The summed E-state index contributed by atoms with van der Waals surface area (Å²) in [5.74, 6) is 1.75. The quantitative estimate of drug-likeness (QED) is 0.467. The zero-order valence-electron chi connectivity index (χ0n) is 16.7. The van der Waals surface area contributed by atoms with Crippen LogP contribution in [0.15, 0.2) is 54.3 Å². The van der Waals surface area contributed by atoms with Crippen molar-refractivity contribution in [2.45, 2.75) is 6.04 Å². The first-order valence-corrected chi connectivity index (χ1v) is 10.8. The van der Waals surface area contributed by atoms with Gasteiger partial charge in [-0.1, -0.05) is 6.07 Å². The number of amides is 1. The standard InChI is InChI=1S/C21H20N4O3S2/c1-25-7-6-22-19(25)18(13-9-14(27-2)11-15(10-13)28-3)24-20(26)17-12-23-21(30-17)16-5-4-8-29-16/h4-12,18H,1-3H3,(H,24,26). The Bertz CT molecular complexity index is 1130. The molecule has 0 fully saturated rings. The molecular weight excluding hydrogens is 420 g/mol. The Morgan fingerprint density at radius 3 is 2.53 bits per heavy atom. The monoisotopic (exact) mass is 440 g/mol. The maximum atomic E-state index is 13.1. The van der Waals surface area contributed by atoms with Crippen molar-refractivity contribution in [1.29, 1.82) is 0 Å². The van der Waals surface area contributed by atoms with Crippen molar-refractivity contribution in [2.75, 3.05) is 14.2 Å². The molecule has 0 bridgehead atoms. The number of aryl methyl sites for hydroxylation is 1. The largest absolute Gasteiger partial charge is 0.497 e. The molecule has 1 unspecified atom stereocenters. The van der Waals surface area contributed by atoms with Gasteiger partial charge in [0, 0.05) is 25.5 Å². The van der Waals surface area contributed by atoms with E-state index in [-0.39, 0.29) is 5.91 Å². The van der Waals surface area contributed by atoms with Crippen LogP contribution in [0.25, 0.3) is 9.88 Å². The number of carbonyl (C=O) groups is 1. The fourth-order valence-corrected chi connectivity index (χ4v) is 4.67. The van der Waals surface area contributed by atoms with E-state index in [4.69, 9.17) is 9.47 Å². The summed E-state index contributed by atoms with van der Waals surface area (Å²) in [4.78, 5) is 23.5. The van der Waals surface area contributed by atoms with Gasteiger partial charge in [0.2, 0.25) is 0 Å². The lowest BCUT2D eigenvalue weighted by Crippen LogP contribution is -2.30. The third-order valence-electron chi connectivity index (χ3n) is 4.56. The molecule has 4 aromatic rings. The van der Waals surface area contributed by atoms with Crippen LogP contribution in [0.2, 0.25) is 0 Å². The lowest BCUT2D eigenvalue weighted by Gasteiger charge is -2.20. The smallest absolute Gasteiger partial charge is 0.263 e. The highest BCUT2D eigenvalue weighted by Gasteiger charge is 2.24. The van der Waals surface area contributed by atoms with Crippen LogP contribution < -0.4 is 14.8 Å². The van der Waals surface area contributed by atoms with Crippen LogP contribution in [-0.4, -0.2) is 34.7 Å². The maximum Gasteiger partial charge on any atom is 0.263 e. The Hall–Kier alpha value is -3.17. The number of thiazole rings is 1. The topological polar surface area (TPSA) is 78.3 Å². The van der Waals surface area contributed by atoms with Crippen molar-refractivity contribution in [3.05, 3.63) is 70.6 Å². The number of imidazole rings is 1. The highest BCUT2D eigenvalue weighted by molar-refractivity contribution is 7.22. The molecule has 0 spiro atoms. The van der Waals surface area contributed by atoms with Gasteiger partial charge in [-0.3, -0.25) is 4.79 Å². The molecule has 3 aromatic heterocycles. The van der Waals surface area contributed by atoms with Gasteiger partial charge in [-0.2, -0.15) is 0 Å². The summed E-state index contributed by atoms with van der Waals surface area (Å²) in [5, 5.41) is 5.91. The summed E-state index contributed by atoms with van der Waals surface area (Å²) in [6.07, 6.45) is 5.15. The van der Waals surface area contributed by atoms with Gasteiger partial charge in [-0.15, -0.1) is 22.7 Å². The zero-order chi connectivity index (χ0) is 21.1. The number of nitrogens with one attached hydrogen (secondary N) is 1. The third-order valence-corrected chi connectivity index (χ3v) is 6.60. The SMILES string of the molecule is COc1cc(OC)cc(C(NC(=O)c2cnc(-c3cccs3)s2)c2nccn2C)c1. The van der Waals surface area contributed by atoms with Gasteiger partial charge in [-0.25, -0.2) is 9.97 Å². The Morgan fingerprint density at radius 2 is 1.93 bits per heavy atom. The molecule has 1 atom stereocenters. The van der Waals surface area contributed by atoms with Crippen molar-refractivity contribution in [1.82, 2.24) is 19.9 Å². The summed E-state index contributed by atoms with van der Waals surface area (Å²) in [6, 6.07) is 8.99. The number of hydrogen-bond acceptors (Lipinski definition) is 7. The van der Waals surface area contributed by atoms with Crippen LogP contribution in [0.3, 0.4) is 0 Å². The molecular formula is C21H20N4O3S2. The molecule has 154 valence electrons. The van der Waals surface area contributed by atoms with Crippen LogP contribution in [0.1, 0.15) is 27.1 Å². The Labute approximate surface area is 182 Å². The Balaban J connectivity index is 1.68. The first-order chi connectivity index (χ1) is 14.6. The fraction of sp³-hybridized carbons (Fsp3) is 0.190. The number of rotatable bonds is 7. The number of benzene rings is 1. The third kappa shape index (κ3) is 4.07. The number of nitrogens with zero attached hydrogens (tertiary/aromatic N) is 3. The first kappa shape index (κ1) is 20.1. The van der Waals surface area contributed by atoms with Gasteiger partial charge in [0.15, 0.2) is 0 Å². The van der Waals surface area contributed by atoms with Crippen molar-refractivity contribution in [2.24, 2.45) is 7.05 Å². The fourth-order valence-electron chi connectivity index (χ4n) is 3.04. The average molecular weight is 441 g/mol. The zero-order valence-corrected chi connectivity index (χ0v) is 18.3. The molecule has 7 nitrogen and oxygen atoms in total. The number of ether oxygens (including phenoxy) is 2. The first-order valence-electron chi connectivity index (χ1n) is 9.10. The van der Waals surface area contributed by atoms with E-state index in [0.29, 0.717) is 22.2 Å². The van der Waals surface area contributed by atoms with E-state index in [9.17, 15) is 4.79 Å². The molecule has 1 amide bonds. The van der Waals surface area contributed by atoms with Crippen LogP contribution in [0, 0.1) is 0 Å². The van der Waals surface area contributed by atoms with Crippen LogP contribution in [0.4, 0.5) is 0 Å². The van der Waals surface area contributed by atoms with Crippen molar-refractivity contribution in [3.8, 4) is 21.4 Å². The summed E-state index contributed by atoms with van der Waals surface area (Å²) >= 11 is 2.96. The van der Waals surface area contributed by atoms with E-state index in [1.54, 1.807) is 44.0 Å². The van der Waals surface area contributed by atoms with Gasteiger partial charge >= 0.3 is 0 Å². The molecule has 0 aliphatic carbocycles. The van der Waals surface area contributed by atoms with Gasteiger partial charge in [0.1, 0.15) is 33.3 Å². The number of hydrogen-bond donors (Lipinski definition) is 1. The molecule has 1 N–H and O–H groups in total. The summed E-state index contributed by atoms with van der Waals surface area (Å²) < 4.78 is 12.7. The molecule has 0 saturated carbocycles. The second kappa shape index (κ2) is 8.68. The van der Waals surface area contributed by atoms with Gasteiger partial charge < -0.3 is 19.4 Å². The van der Waals surface area contributed by atoms with Gasteiger partial charge in [-0.05, 0) is 29.1 Å². The van der Waals surface area contributed by atoms with Crippen molar-refractivity contribution < 1.29 is 14.3 Å². The van der Waals surface area contributed by atoms with E-state index in [1.807, 2.05) is 47.5 Å². The molecule has 0 aliphatic heterocycles. The number of aromatic nitrogens is 3. The van der Waals surface area contributed by atoms with Gasteiger partial charge in [0.05, 0.1) is 25.3 Å². The Morgan fingerprint density at radius 1 is 1.17 bits per heavy atom. The predicted molar refractivity (Wildman–Crippen MR) is 117 cm³/mol.